The molecule has 0 aliphatic rings. The van der Waals surface area contributed by atoms with Crippen LogP contribution in [0.15, 0.2) is 42.5 Å². The van der Waals surface area contributed by atoms with E-state index < -0.39 is 0 Å². The molecule has 0 aliphatic carbocycles. The van der Waals surface area contributed by atoms with Crippen LogP contribution < -0.4 is 5.32 Å². The van der Waals surface area contributed by atoms with Crippen LogP contribution in [0.2, 0.25) is 0 Å². The quantitative estimate of drug-likeness (QED) is 0.753. The van der Waals surface area contributed by atoms with Crippen LogP contribution in [0, 0.1) is 13.8 Å². The Morgan fingerprint density at radius 2 is 1.70 bits per heavy atom. The van der Waals surface area contributed by atoms with E-state index in [1.165, 1.54) is 47.2 Å². The van der Waals surface area contributed by atoms with Gasteiger partial charge in [-0.25, -0.2) is 0 Å². The average molecular weight is 267 g/mol. The van der Waals surface area contributed by atoms with Gasteiger partial charge in [0.05, 0.1) is 0 Å². The van der Waals surface area contributed by atoms with E-state index in [-0.39, 0.29) is 0 Å². The van der Waals surface area contributed by atoms with E-state index in [0.717, 1.165) is 6.54 Å². The van der Waals surface area contributed by atoms with E-state index in [1.807, 2.05) is 0 Å². The summed E-state index contributed by atoms with van der Waals surface area (Å²) in [6.07, 6.45) is 3.72. The van der Waals surface area contributed by atoms with E-state index in [4.69, 9.17) is 0 Å². The maximum Gasteiger partial charge on any atom is 0.0403 e. The van der Waals surface area contributed by atoms with Crippen molar-refractivity contribution in [1.29, 1.82) is 0 Å². The minimum absolute atomic E-state index is 0.891. The molecular formula is C19H25N. The van der Waals surface area contributed by atoms with Crippen LogP contribution >= 0.6 is 0 Å². The highest BCUT2D eigenvalue weighted by molar-refractivity contribution is 5.46. The lowest BCUT2D eigenvalue weighted by Crippen LogP contribution is -2.01. The van der Waals surface area contributed by atoms with Gasteiger partial charge in [0.2, 0.25) is 0 Å². The number of unbranched alkanes of at least 4 members (excludes halogenated alkanes) is 1. The fourth-order valence-corrected chi connectivity index (χ4v) is 2.36. The molecule has 2 aromatic rings. The minimum Gasteiger partial charge on any atom is -0.381 e. The normalized spacial score (nSPS) is 10.6. The third-order valence-electron chi connectivity index (χ3n) is 3.76. The van der Waals surface area contributed by atoms with E-state index >= 15 is 0 Å². The molecule has 0 aliphatic heterocycles. The van der Waals surface area contributed by atoms with Crippen LogP contribution in [-0.4, -0.2) is 0 Å². The van der Waals surface area contributed by atoms with Gasteiger partial charge in [0.1, 0.15) is 0 Å². The second kappa shape index (κ2) is 7.14. The molecule has 0 spiro atoms. The number of rotatable bonds is 6. The first-order valence-electron chi connectivity index (χ1n) is 7.58. The summed E-state index contributed by atoms with van der Waals surface area (Å²) in [5, 5.41) is 3.51. The maximum absolute atomic E-state index is 3.51. The van der Waals surface area contributed by atoms with Crippen LogP contribution in [0.25, 0.3) is 0 Å². The highest BCUT2D eigenvalue weighted by Gasteiger charge is 1.99. The largest absolute Gasteiger partial charge is 0.381 e. The lowest BCUT2D eigenvalue weighted by molar-refractivity contribution is 0.795. The molecule has 1 N–H and O–H groups in total. The monoisotopic (exact) mass is 267 g/mol. The van der Waals surface area contributed by atoms with Gasteiger partial charge in [0.15, 0.2) is 0 Å². The topological polar surface area (TPSA) is 12.0 Å². The standard InChI is InChI=1S/C19H25N/c1-4-5-6-17-9-11-19(12-10-17)20-14-18-13-15(2)7-8-16(18)3/h7-13,20H,4-6,14H2,1-3H3. The van der Waals surface area contributed by atoms with Gasteiger partial charge < -0.3 is 5.32 Å². The first kappa shape index (κ1) is 14.6. The first-order valence-corrected chi connectivity index (χ1v) is 7.58. The molecule has 2 rings (SSSR count). The Labute approximate surface area is 123 Å². The van der Waals surface area contributed by atoms with Gasteiger partial charge >= 0.3 is 0 Å². The van der Waals surface area contributed by atoms with Gasteiger partial charge in [0, 0.05) is 12.2 Å². The number of anilines is 1. The zero-order chi connectivity index (χ0) is 14.4. The van der Waals surface area contributed by atoms with Gasteiger partial charge in [-0.05, 0) is 55.5 Å². The molecule has 1 heteroatoms. The average Bonchev–Trinajstić information content (AvgIpc) is 2.47. The van der Waals surface area contributed by atoms with E-state index in [2.05, 4.69) is 68.6 Å². The van der Waals surface area contributed by atoms with Crippen LogP contribution in [0.1, 0.15) is 42.0 Å². The summed E-state index contributed by atoms with van der Waals surface area (Å²) in [4.78, 5) is 0. The van der Waals surface area contributed by atoms with Gasteiger partial charge in [-0.2, -0.15) is 0 Å². The second-order valence-corrected chi connectivity index (χ2v) is 5.58. The molecule has 0 amide bonds. The van der Waals surface area contributed by atoms with Crippen molar-refractivity contribution >= 4 is 5.69 Å². The van der Waals surface area contributed by atoms with Gasteiger partial charge in [-0.15, -0.1) is 0 Å². The summed E-state index contributed by atoms with van der Waals surface area (Å²) in [6, 6.07) is 15.5. The van der Waals surface area contributed by atoms with Crippen molar-refractivity contribution in [3.8, 4) is 0 Å². The Balaban J connectivity index is 1.95. The highest BCUT2D eigenvalue weighted by atomic mass is 14.9. The van der Waals surface area contributed by atoms with E-state index in [0.29, 0.717) is 0 Å². The number of hydrogen-bond acceptors (Lipinski definition) is 1. The molecule has 1 nitrogen and oxygen atoms in total. The van der Waals surface area contributed by atoms with Crippen molar-refractivity contribution < 1.29 is 0 Å². The van der Waals surface area contributed by atoms with E-state index in [9.17, 15) is 0 Å². The first-order chi connectivity index (χ1) is 9.69. The molecule has 0 unspecified atom stereocenters. The number of hydrogen-bond donors (Lipinski definition) is 1. The van der Waals surface area contributed by atoms with Crippen LogP contribution in [-0.2, 0) is 13.0 Å². The number of aryl methyl sites for hydroxylation is 3. The smallest absolute Gasteiger partial charge is 0.0403 e. The van der Waals surface area contributed by atoms with Crippen molar-refractivity contribution in [2.75, 3.05) is 5.32 Å². The molecule has 106 valence electrons. The van der Waals surface area contributed by atoms with Crippen molar-refractivity contribution in [3.63, 3.8) is 0 Å². The predicted molar refractivity (Wildman–Crippen MR) is 88.3 cm³/mol. The van der Waals surface area contributed by atoms with Crippen LogP contribution in [0.5, 0.6) is 0 Å². The summed E-state index contributed by atoms with van der Waals surface area (Å²) < 4.78 is 0. The SMILES string of the molecule is CCCCc1ccc(NCc2cc(C)ccc2C)cc1. The molecule has 2 aromatic carbocycles. The Kier molecular flexibility index (Phi) is 5.23. The predicted octanol–water partition coefficient (Wildman–Crippen LogP) is 5.26. The lowest BCUT2D eigenvalue weighted by Gasteiger charge is -2.10. The summed E-state index contributed by atoms with van der Waals surface area (Å²) in [6.45, 7) is 7.44. The Morgan fingerprint density at radius 1 is 0.950 bits per heavy atom. The van der Waals surface area contributed by atoms with Gasteiger partial charge in [-0.3, -0.25) is 0 Å². The number of nitrogens with one attached hydrogen (secondary N) is 1. The van der Waals surface area contributed by atoms with Crippen molar-refractivity contribution in [2.24, 2.45) is 0 Å². The molecule has 0 saturated heterocycles. The molecular weight excluding hydrogens is 242 g/mol. The molecule has 20 heavy (non-hydrogen) atoms. The molecule has 0 fully saturated rings. The lowest BCUT2D eigenvalue weighted by atomic mass is 10.1. The molecule has 0 aromatic heterocycles. The van der Waals surface area contributed by atoms with Gasteiger partial charge in [0.25, 0.3) is 0 Å². The summed E-state index contributed by atoms with van der Waals surface area (Å²) >= 11 is 0. The highest BCUT2D eigenvalue weighted by Crippen LogP contribution is 2.15. The van der Waals surface area contributed by atoms with Gasteiger partial charge in [-0.1, -0.05) is 49.2 Å². The molecule has 0 atom stereocenters. The third kappa shape index (κ3) is 4.12. The Hall–Kier alpha value is -1.76. The third-order valence-corrected chi connectivity index (χ3v) is 3.76. The van der Waals surface area contributed by atoms with Crippen molar-refractivity contribution in [1.82, 2.24) is 0 Å². The maximum atomic E-state index is 3.51. The van der Waals surface area contributed by atoms with E-state index in [1.54, 1.807) is 0 Å². The van der Waals surface area contributed by atoms with Crippen LogP contribution in [0.3, 0.4) is 0 Å². The number of benzene rings is 2. The summed E-state index contributed by atoms with van der Waals surface area (Å²) in [7, 11) is 0. The molecule has 0 heterocycles. The summed E-state index contributed by atoms with van der Waals surface area (Å²) in [5.74, 6) is 0. The fraction of sp³-hybridized carbons (Fsp3) is 0.368. The molecule has 0 radical (unpaired) electrons. The second-order valence-electron chi connectivity index (χ2n) is 5.58. The zero-order valence-corrected chi connectivity index (χ0v) is 12.9. The Bertz CT molecular complexity index is 540. The molecule has 0 bridgehead atoms. The minimum atomic E-state index is 0.891. The molecule has 0 saturated carbocycles. The summed E-state index contributed by atoms with van der Waals surface area (Å²) in [5.41, 5.74) is 6.68. The van der Waals surface area contributed by atoms with Crippen molar-refractivity contribution in [3.05, 3.63) is 64.7 Å². The Morgan fingerprint density at radius 3 is 2.40 bits per heavy atom. The zero-order valence-electron chi connectivity index (χ0n) is 12.9. The fourth-order valence-electron chi connectivity index (χ4n) is 2.36. The van der Waals surface area contributed by atoms with Crippen LogP contribution in [0.4, 0.5) is 5.69 Å². The van der Waals surface area contributed by atoms with Crippen molar-refractivity contribution in [2.45, 2.75) is 46.6 Å².